The Morgan fingerprint density at radius 2 is 2.04 bits per heavy atom. The SMILES string of the molecule is CCCSc1ncc(Br)c(C(=O)NCCCC(=O)NCCCOC)n1. The van der Waals surface area contributed by atoms with E-state index < -0.39 is 0 Å². The van der Waals surface area contributed by atoms with Gasteiger partial charge < -0.3 is 15.4 Å². The molecule has 0 aliphatic heterocycles. The monoisotopic (exact) mass is 432 g/mol. The smallest absolute Gasteiger partial charge is 0.271 e. The lowest BCUT2D eigenvalue weighted by molar-refractivity contribution is -0.121. The second kappa shape index (κ2) is 13.1. The Morgan fingerprint density at radius 3 is 2.76 bits per heavy atom. The third-order valence-corrected chi connectivity index (χ3v) is 4.73. The molecule has 0 fully saturated rings. The molecule has 9 heteroatoms. The van der Waals surface area contributed by atoms with Gasteiger partial charge in [-0.3, -0.25) is 9.59 Å². The zero-order chi connectivity index (χ0) is 18.5. The highest BCUT2D eigenvalue weighted by atomic mass is 79.9. The van der Waals surface area contributed by atoms with Crippen molar-refractivity contribution in [2.24, 2.45) is 0 Å². The number of nitrogens with one attached hydrogen (secondary N) is 2. The summed E-state index contributed by atoms with van der Waals surface area (Å²) in [5, 5.41) is 6.19. The van der Waals surface area contributed by atoms with Crippen LogP contribution in [-0.2, 0) is 9.53 Å². The molecule has 0 spiro atoms. The van der Waals surface area contributed by atoms with E-state index in [1.165, 1.54) is 11.8 Å². The van der Waals surface area contributed by atoms with Crippen molar-refractivity contribution in [3.8, 4) is 0 Å². The number of nitrogens with zero attached hydrogens (tertiary/aromatic N) is 2. The second-order valence-electron chi connectivity index (χ2n) is 5.25. The summed E-state index contributed by atoms with van der Waals surface area (Å²) in [6, 6.07) is 0. The van der Waals surface area contributed by atoms with Crippen molar-refractivity contribution in [2.75, 3.05) is 32.6 Å². The summed E-state index contributed by atoms with van der Waals surface area (Å²) in [6.07, 6.45) is 4.34. The molecule has 0 atom stereocenters. The van der Waals surface area contributed by atoms with Crippen molar-refractivity contribution in [3.63, 3.8) is 0 Å². The predicted molar refractivity (Wildman–Crippen MR) is 102 cm³/mol. The predicted octanol–water partition coefficient (Wildman–Crippen LogP) is 2.40. The van der Waals surface area contributed by atoms with E-state index in [1.807, 2.05) is 0 Å². The number of methoxy groups -OCH3 is 1. The number of rotatable bonds is 12. The van der Waals surface area contributed by atoms with Gasteiger partial charge in [-0.05, 0) is 35.2 Å². The first-order valence-electron chi connectivity index (χ1n) is 8.27. The fourth-order valence-electron chi connectivity index (χ4n) is 1.84. The standard InChI is InChI=1S/C16H25BrN4O3S/c1-3-10-25-16-20-11-12(17)14(21-16)15(23)19-7-4-6-13(22)18-8-5-9-24-2/h11H,3-10H2,1-2H3,(H,18,22)(H,19,23). The first-order valence-corrected chi connectivity index (χ1v) is 10.1. The van der Waals surface area contributed by atoms with E-state index in [4.69, 9.17) is 4.74 Å². The molecule has 2 amide bonds. The summed E-state index contributed by atoms with van der Waals surface area (Å²) in [4.78, 5) is 32.3. The fraction of sp³-hybridized carbons (Fsp3) is 0.625. The maximum atomic E-state index is 12.2. The Bertz CT molecular complexity index is 560. The lowest BCUT2D eigenvalue weighted by Gasteiger charge is -2.08. The van der Waals surface area contributed by atoms with Gasteiger partial charge in [0.1, 0.15) is 5.69 Å². The largest absolute Gasteiger partial charge is 0.385 e. The molecule has 0 saturated heterocycles. The number of hydrogen-bond acceptors (Lipinski definition) is 6. The highest BCUT2D eigenvalue weighted by molar-refractivity contribution is 9.10. The summed E-state index contributed by atoms with van der Waals surface area (Å²) < 4.78 is 5.47. The zero-order valence-corrected chi connectivity index (χ0v) is 17.0. The highest BCUT2D eigenvalue weighted by Gasteiger charge is 2.13. The van der Waals surface area contributed by atoms with Crippen LogP contribution in [0.25, 0.3) is 0 Å². The molecule has 0 unspecified atom stereocenters. The average molecular weight is 433 g/mol. The van der Waals surface area contributed by atoms with Crippen LogP contribution in [-0.4, -0.2) is 54.3 Å². The molecule has 1 aromatic rings. The Morgan fingerprint density at radius 1 is 1.28 bits per heavy atom. The van der Waals surface area contributed by atoms with Crippen LogP contribution in [0.4, 0.5) is 0 Å². The topological polar surface area (TPSA) is 93.2 Å². The summed E-state index contributed by atoms with van der Waals surface area (Å²) in [5.41, 5.74) is 0.317. The Balaban J connectivity index is 2.33. The van der Waals surface area contributed by atoms with Crippen LogP contribution >= 0.6 is 27.7 Å². The van der Waals surface area contributed by atoms with Gasteiger partial charge in [-0.2, -0.15) is 0 Å². The Labute approximate surface area is 161 Å². The van der Waals surface area contributed by atoms with Gasteiger partial charge >= 0.3 is 0 Å². The molecule has 25 heavy (non-hydrogen) atoms. The zero-order valence-electron chi connectivity index (χ0n) is 14.6. The van der Waals surface area contributed by atoms with Gasteiger partial charge in [-0.1, -0.05) is 18.7 Å². The van der Waals surface area contributed by atoms with Crippen LogP contribution in [0.3, 0.4) is 0 Å². The van der Waals surface area contributed by atoms with Crippen LogP contribution in [0, 0.1) is 0 Å². The maximum Gasteiger partial charge on any atom is 0.271 e. The van der Waals surface area contributed by atoms with E-state index in [1.54, 1.807) is 13.3 Å². The molecule has 0 bridgehead atoms. The minimum Gasteiger partial charge on any atom is -0.385 e. The first kappa shape index (κ1) is 21.9. The van der Waals surface area contributed by atoms with E-state index in [0.717, 1.165) is 18.6 Å². The van der Waals surface area contributed by atoms with Crippen molar-refractivity contribution in [1.29, 1.82) is 0 Å². The number of amides is 2. The molecule has 0 radical (unpaired) electrons. The molecular formula is C16H25BrN4O3S. The van der Waals surface area contributed by atoms with Crippen molar-refractivity contribution in [3.05, 3.63) is 16.4 Å². The van der Waals surface area contributed by atoms with Gasteiger partial charge in [0.2, 0.25) is 5.91 Å². The normalized spacial score (nSPS) is 10.5. The van der Waals surface area contributed by atoms with Gasteiger partial charge in [0.15, 0.2) is 5.16 Å². The van der Waals surface area contributed by atoms with Crippen molar-refractivity contribution in [1.82, 2.24) is 20.6 Å². The molecule has 0 aliphatic rings. The minimum atomic E-state index is -0.270. The third kappa shape index (κ3) is 9.18. The summed E-state index contributed by atoms with van der Waals surface area (Å²) in [7, 11) is 1.63. The van der Waals surface area contributed by atoms with Crippen LogP contribution < -0.4 is 10.6 Å². The average Bonchev–Trinajstić information content (AvgIpc) is 2.61. The molecule has 7 nitrogen and oxygen atoms in total. The van der Waals surface area contributed by atoms with Crippen molar-refractivity contribution in [2.45, 2.75) is 37.8 Å². The molecule has 2 N–H and O–H groups in total. The van der Waals surface area contributed by atoms with E-state index in [0.29, 0.717) is 47.9 Å². The molecular weight excluding hydrogens is 408 g/mol. The summed E-state index contributed by atoms with van der Waals surface area (Å²) in [6.45, 7) is 3.72. The number of halogens is 1. The fourth-order valence-corrected chi connectivity index (χ4v) is 2.88. The van der Waals surface area contributed by atoms with Crippen LogP contribution in [0.2, 0.25) is 0 Å². The van der Waals surface area contributed by atoms with Crippen LogP contribution in [0.5, 0.6) is 0 Å². The Hall–Kier alpha value is -1.19. The number of ether oxygens (including phenoxy) is 1. The number of hydrogen-bond donors (Lipinski definition) is 2. The first-order chi connectivity index (χ1) is 12.1. The number of thioether (sulfide) groups is 1. The highest BCUT2D eigenvalue weighted by Crippen LogP contribution is 2.19. The molecule has 0 saturated carbocycles. The van der Waals surface area contributed by atoms with Crippen molar-refractivity contribution < 1.29 is 14.3 Å². The Kier molecular flexibility index (Phi) is 11.4. The number of aromatic nitrogens is 2. The molecule has 1 heterocycles. The van der Waals surface area contributed by atoms with Gasteiger partial charge in [-0.25, -0.2) is 9.97 Å². The molecule has 1 rings (SSSR count). The van der Waals surface area contributed by atoms with Gasteiger partial charge in [0, 0.05) is 45.2 Å². The van der Waals surface area contributed by atoms with Crippen LogP contribution in [0.1, 0.15) is 43.1 Å². The molecule has 0 aliphatic carbocycles. The van der Waals surface area contributed by atoms with E-state index in [-0.39, 0.29) is 11.8 Å². The number of carbonyl (C=O) groups excluding carboxylic acids is 2. The maximum absolute atomic E-state index is 12.2. The van der Waals surface area contributed by atoms with Gasteiger partial charge in [0.25, 0.3) is 5.91 Å². The van der Waals surface area contributed by atoms with Gasteiger partial charge in [0.05, 0.1) is 4.47 Å². The second-order valence-corrected chi connectivity index (χ2v) is 7.17. The third-order valence-electron chi connectivity index (χ3n) is 3.09. The van der Waals surface area contributed by atoms with Crippen molar-refractivity contribution >= 4 is 39.5 Å². The summed E-state index contributed by atoms with van der Waals surface area (Å²) >= 11 is 4.82. The van der Waals surface area contributed by atoms with E-state index in [2.05, 4.69) is 43.5 Å². The van der Waals surface area contributed by atoms with E-state index >= 15 is 0 Å². The molecule has 0 aromatic carbocycles. The molecule has 1 aromatic heterocycles. The molecule has 140 valence electrons. The minimum absolute atomic E-state index is 0.0215. The number of carbonyl (C=O) groups is 2. The van der Waals surface area contributed by atoms with Crippen LogP contribution in [0.15, 0.2) is 15.8 Å². The van der Waals surface area contributed by atoms with Gasteiger partial charge in [-0.15, -0.1) is 0 Å². The lowest BCUT2D eigenvalue weighted by Crippen LogP contribution is -2.29. The van der Waals surface area contributed by atoms with E-state index in [9.17, 15) is 9.59 Å². The quantitative estimate of drug-likeness (QED) is 0.299. The lowest BCUT2D eigenvalue weighted by atomic mass is 10.3. The summed E-state index contributed by atoms with van der Waals surface area (Å²) in [5.74, 6) is 0.613.